The van der Waals surface area contributed by atoms with Crippen LogP contribution >= 0.6 is 0 Å². The van der Waals surface area contributed by atoms with Crippen LogP contribution in [-0.4, -0.2) is 45.1 Å². The highest BCUT2D eigenvalue weighted by atomic mass is 32.2. The Morgan fingerprint density at radius 2 is 1.54 bits per heavy atom. The summed E-state index contributed by atoms with van der Waals surface area (Å²) in [5.41, 5.74) is -0.920. The lowest BCUT2D eigenvalue weighted by Crippen LogP contribution is -2.54. The lowest BCUT2D eigenvalue weighted by Gasteiger charge is -2.33. The molecule has 8 nitrogen and oxygen atoms in total. The summed E-state index contributed by atoms with van der Waals surface area (Å²) in [4.78, 5) is 37.2. The maximum absolute atomic E-state index is 12.8. The van der Waals surface area contributed by atoms with Crippen LogP contribution in [0, 0.1) is 0 Å². The van der Waals surface area contributed by atoms with Crippen LogP contribution in [0.2, 0.25) is 0 Å². The second-order valence-electron chi connectivity index (χ2n) is 8.06. The Morgan fingerprint density at radius 1 is 0.914 bits per heavy atom. The SMILES string of the molecule is O=C(CNC(=O)c1cccc(C(F)(F)F)c1)N[C@H]1CCCC[C@H]1NC(=O)c1ccc(S(=O)[O-])cc1. The van der Waals surface area contributed by atoms with E-state index >= 15 is 0 Å². The number of hydrogen-bond donors (Lipinski definition) is 3. The molecule has 3 N–H and O–H groups in total. The number of halogens is 3. The van der Waals surface area contributed by atoms with Gasteiger partial charge in [0.15, 0.2) is 0 Å². The zero-order valence-electron chi connectivity index (χ0n) is 18.4. The summed E-state index contributed by atoms with van der Waals surface area (Å²) in [6.45, 7) is -0.444. The van der Waals surface area contributed by atoms with Gasteiger partial charge in [-0.3, -0.25) is 18.6 Å². The minimum absolute atomic E-state index is 0.0523. The predicted octanol–water partition coefficient (Wildman–Crippen LogP) is 2.53. The molecule has 2 aromatic carbocycles. The minimum atomic E-state index is -4.59. The van der Waals surface area contributed by atoms with Crippen LogP contribution < -0.4 is 16.0 Å². The van der Waals surface area contributed by atoms with Gasteiger partial charge in [0, 0.05) is 28.1 Å². The van der Waals surface area contributed by atoms with Gasteiger partial charge in [-0.2, -0.15) is 13.2 Å². The average Bonchev–Trinajstić information content (AvgIpc) is 2.83. The zero-order chi connectivity index (χ0) is 25.6. The van der Waals surface area contributed by atoms with Crippen LogP contribution in [0.15, 0.2) is 53.4 Å². The van der Waals surface area contributed by atoms with Gasteiger partial charge in [-0.25, -0.2) is 0 Å². The number of carbonyl (C=O) groups is 3. The summed E-state index contributed by atoms with van der Waals surface area (Å²) >= 11 is -2.40. The number of hydrogen-bond acceptors (Lipinski definition) is 5. The highest BCUT2D eigenvalue weighted by Gasteiger charge is 2.31. The Kier molecular flexibility index (Phi) is 8.62. The van der Waals surface area contributed by atoms with E-state index in [4.69, 9.17) is 0 Å². The zero-order valence-corrected chi connectivity index (χ0v) is 19.2. The highest BCUT2D eigenvalue weighted by molar-refractivity contribution is 7.79. The number of alkyl halides is 3. The topological polar surface area (TPSA) is 127 Å². The molecule has 3 rings (SSSR count). The molecule has 3 atom stereocenters. The van der Waals surface area contributed by atoms with E-state index in [0.29, 0.717) is 18.9 Å². The maximum atomic E-state index is 12.8. The second kappa shape index (κ2) is 11.5. The highest BCUT2D eigenvalue weighted by Crippen LogP contribution is 2.29. The molecule has 12 heteroatoms. The molecular formula is C23H23F3N3O5S-. The van der Waals surface area contributed by atoms with Crippen molar-refractivity contribution in [3.63, 3.8) is 0 Å². The van der Waals surface area contributed by atoms with E-state index in [1.165, 1.54) is 30.3 Å². The lowest BCUT2D eigenvalue weighted by atomic mass is 9.90. The fraction of sp³-hybridized carbons (Fsp3) is 0.348. The third-order valence-corrected chi connectivity index (χ3v) is 6.26. The molecule has 0 aromatic heterocycles. The Bertz CT molecular complexity index is 1110. The first-order valence-corrected chi connectivity index (χ1v) is 11.9. The molecule has 3 amide bonds. The van der Waals surface area contributed by atoms with Crippen molar-refractivity contribution in [1.29, 1.82) is 0 Å². The summed E-state index contributed by atoms with van der Waals surface area (Å²) in [5, 5.41) is 7.92. The van der Waals surface area contributed by atoms with Crippen LogP contribution in [-0.2, 0) is 22.1 Å². The van der Waals surface area contributed by atoms with Crippen LogP contribution in [0.5, 0.6) is 0 Å². The molecular weight excluding hydrogens is 487 g/mol. The standard InChI is InChI=1S/C23H24F3N3O5S/c24-23(25,26)16-5-3-4-15(12-16)21(31)27-13-20(30)28-18-6-1-2-7-19(18)29-22(32)14-8-10-17(11-9-14)35(33)34/h3-5,8-12,18-19H,1-2,6-7,13H2,(H,27,31)(H,28,30)(H,29,32)(H,33,34)/p-1/t18-,19+/m0/s1. The number of nitrogens with one attached hydrogen (secondary N) is 3. The van der Waals surface area contributed by atoms with Gasteiger partial charge in [0.25, 0.3) is 11.8 Å². The Morgan fingerprint density at radius 3 is 2.14 bits per heavy atom. The normalized spacial score (nSPS) is 18.9. The fourth-order valence-electron chi connectivity index (χ4n) is 3.80. The van der Waals surface area contributed by atoms with E-state index in [2.05, 4.69) is 16.0 Å². The molecule has 188 valence electrons. The van der Waals surface area contributed by atoms with Crippen molar-refractivity contribution in [2.45, 2.75) is 48.8 Å². The van der Waals surface area contributed by atoms with Crippen molar-refractivity contribution < 1.29 is 36.3 Å². The summed E-state index contributed by atoms with van der Waals surface area (Å²) in [5.74, 6) is -1.78. The second-order valence-corrected chi connectivity index (χ2v) is 9.00. The van der Waals surface area contributed by atoms with E-state index < -0.39 is 53.1 Å². The molecule has 1 aliphatic rings. The molecule has 0 radical (unpaired) electrons. The first-order valence-electron chi connectivity index (χ1n) is 10.8. The summed E-state index contributed by atoms with van der Waals surface area (Å²) in [6.07, 6.45) is -1.75. The molecule has 0 heterocycles. The molecule has 0 bridgehead atoms. The van der Waals surface area contributed by atoms with Crippen molar-refractivity contribution in [2.75, 3.05) is 6.54 Å². The monoisotopic (exact) mass is 510 g/mol. The van der Waals surface area contributed by atoms with Crippen molar-refractivity contribution >= 4 is 28.8 Å². The van der Waals surface area contributed by atoms with Gasteiger partial charge in [-0.05, 0) is 66.4 Å². The number of carbonyl (C=O) groups excluding carboxylic acids is 3. The van der Waals surface area contributed by atoms with Gasteiger partial charge in [0.1, 0.15) is 0 Å². The van der Waals surface area contributed by atoms with Gasteiger partial charge in [-0.1, -0.05) is 18.9 Å². The molecule has 1 unspecified atom stereocenters. The molecule has 2 aromatic rings. The summed E-state index contributed by atoms with van der Waals surface area (Å²) in [7, 11) is 0. The maximum Gasteiger partial charge on any atom is 0.416 e. The number of rotatable bonds is 7. The van der Waals surface area contributed by atoms with Crippen LogP contribution in [0.1, 0.15) is 52.0 Å². The van der Waals surface area contributed by atoms with E-state index in [9.17, 15) is 36.3 Å². The Hall–Kier alpha value is -3.25. The lowest BCUT2D eigenvalue weighted by molar-refractivity contribution is -0.137. The quantitative estimate of drug-likeness (QED) is 0.494. The first-order chi connectivity index (χ1) is 16.5. The van der Waals surface area contributed by atoms with Crippen molar-refractivity contribution in [3.8, 4) is 0 Å². The van der Waals surface area contributed by atoms with Gasteiger partial charge in [0.05, 0.1) is 12.1 Å². The summed E-state index contributed by atoms with van der Waals surface area (Å²) < 4.78 is 60.4. The van der Waals surface area contributed by atoms with Gasteiger partial charge >= 0.3 is 6.18 Å². The molecule has 0 aliphatic heterocycles. The number of amides is 3. The van der Waals surface area contributed by atoms with Crippen molar-refractivity contribution in [2.24, 2.45) is 0 Å². The summed E-state index contributed by atoms with van der Waals surface area (Å²) in [6, 6.07) is 8.50. The molecule has 1 fully saturated rings. The van der Waals surface area contributed by atoms with Crippen molar-refractivity contribution in [1.82, 2.24) is 16.0 Å². The molecule has 35 heavy (non-hydrogen) atoms. The van der Waals surface area contributed by atoms with Crippen LogP contribution in [0.25, 0.3) is 0 Å². The van der Waals surface area contributed by atoms with Gasteiger partial charge in [0.2, 0.25) is 5.91 Å². The Balaban J connectivity index is 1.55. The average molecular weight is 511 g/mol. The van der Waals surface area contributed by atoms with E-state index in [0.717, 1.165) is 25.0 Å². The molecule has 1 aliphatic carbocycles. The predicted molar refractivity (Wildman–Crippen MR) is 119 cm³/mol. The van der Waals surface area contributed by atoms with Crippen molar-refractivity contribution in [3.05, 3.63) is 65.2 Å². The van der Waals surface area contributed by atoms with E-state index in [1.54, 1.807) is 0 Å². The molecule has 0 saturated heterocycles. The molecule has 1 saturated carbocycles. The van der Waals surface area contributed by atoms with Gasteiger partial charge in [-0.15, -0.1) is 0 Å². The minimum Gasteiger partial charge on any atom is -0.768 e. The van der Waals surface area contributed by atoms with Crippen LogP contribution in [0.4, 0.5) is 13.2 Å². The van der Waals surface area contributed by atoms with E-state index in [-0.39, 0.29) is 22.1 Å². The molecule has 0 spiro atoms. The largest absolute Gasteiger partial charge is 0.768 e. The van der Waals surface area contributed by atoms with Gasteiger partial charge < -0.3 is 20.5 Å². The van der Waals surface area contributed by atoms with Crippen LogP contribution in [0.3, 0.4) is 0 Å². The fourth-order valence-corrected chi connectivity index (χ4v) is 4.16. The smallest absolute Gasteiger partial charge is 0.416 e. The van der Waals surface area contributed by atoms with E-state index in [1.807, 2.05) is 0 Å². The number of benzene rings is 2. The third-order valence-electron chi connectivity index (χ3n) is 5.60. The Labute approximate surface area is 202 Å². The third kappa shape index (κ3) is 7.36. The first kappa shape index (κ1) is 26.4.